The van der Waals surface area contributed by atoms with E-state index in [1.54, 1.807) is 13.8 Å². The van der Waals surface area contributed by atoms with Crippen molar-refractivity contribution in [3.63, 3.8) is 0 Å². The number of carboxylic acid groups (broad SMARTS) is 1. The van der Waals surface area contributed by atoms with Crippen LogP contribution < -0.4 is 0 Å². The molecule has 1 heterocycles. The minimum Gasteiger partial charge on any atom is -0.478 e. The lowest BCUT2D eigenvalue weighted by molar-refractivity contribution is 0.0689. The van der Waals surface area contributed by atoms with Crippen molar-refractivity contribution >= 4 is 27.7 Å². The monoisotopic (exact) mass is 271 g/mol. The molecule has 0 aromatic carbocycles. The Balaban J connectivity index is 3.30. The summed E-state index contributed by atoms with van der Waals surface area (Å²) in [6, 6.07) is 2.87. The number of carbonyl (C=O) groups is 2. The van der Waals surface area contributed by atoms with Crippen molar-refractivity contribution in [2.24, 2.45) is 5.92 Å². The topological polar surface area (TPSA) is 67.3 Å². The largest absolute Gasteiger partial charge is 0.478 e. The van der Waals surface area contributed by atoms with E-state index in [0.29, 0.717) is 4.60 Å². The Bertz CT molecular complexity index is 415. The predicted molar refractivity (Wildman–Crippen MR) is 58.1 cm³/mol. The van der Waals surface area contributed by atoms with Crippen LogP contribution >= 0.6 is 15.9 Å². The van der Waals surface area contributed by atoms with E-state index in [1.807, 2.05) is 0 Å². The van der Waals surface area contributed by atoms with Crippen LogP contribution in [-0.4, -0.2) is 21.8 Å². The molecule has 1 rings (SSSR count). The minimum absolute atomic E-state index is 0.00637. The SMILES string of the molecule is CC(C)C(=O)c1nc(Br)ccc1C(=O)O. The lowest BCUT2D eigenvalue weighted by atomic mass is 10.0. The molecule has 0 saturated heterocycles. The first-order chi connectivity index (χ1) is 6.93. The van der Waals surface area contributed by atoms with Gasteiger partial charge >= 0.3 is 5.97 Å². The van der Waals surface area contributed by atoms with Crippen molar-refractivity contribution in [2.75, 3.05) is 0 Å². The molecule has 1 aromatic rings. The molecular formula is C10H10BrNO3. The molecule has 0 saturated carbocycles. The third-order valence-electron chi connectivity index (χ3n) is 1.85. The summed E-state index contributed by atoms with van der Waals surface area (Å²) in [5.74, 6) is -1.68. The van der Waals surface area contributed by atoms with Crippen molar-refractivity contribution in [3.8, 4) is 0 Å². The van der Waals surface area contributed by atoms with E-state index < -0.39 is 5.97 Å². The van der Waals surface area contributed by atoms with E-state index in [-0.39, 0.29) is 23.0 Å². The summed E-state index contributed by atoms with van der Waals surface area (Å²) >= 11 is 3.11. The van der Waals surface area contributed by atoms with Crippen molar-refractivity contribution in [1.29, 1.82) is 0 Å². The molecule has 0 aliphatic rings. The molecule has 1 N–H and O–H groups in total. The fourth-order valence-corrected chi connectivity index (χ4v) is 1.38. The number of ketones is 1. The number of halogens is 1. The summed E-state index contributed by atoms with van der Waals surface area (Å²) in [5.41, 5.74) is -0.0521. The lowest BCUT2D eigenvalue weighted by Crippen LogP contribution is -2.15. The van der Waals surface area contributed by atoms with Crippen LogP contribution in [0.25, 0.3) is 0 Å². The Morgan fingerprint density at radius 2 is 2.00 bits per heavy atom. The Hall–Kier alpha value is -1.23. The van der Waals surface area contributed by atoms with E-state index in [2.05, 4.69) is 20.9 Å². The second-order valence-electron chi connectivity index (χ2n) is 3.35. The zero-order chi connectivity index (χ0) is 11.6. The van der Waals surface area contributed by atoms with Gasteiger partial charge in [-0.3, -0.25) is 4.79 Å². The summed E-state index contributed by atoms with van der Waals surface area (Å²) in [7, 11) is 0. The minimum atomic E-state index is -1.14. The van der Waals surface area contributed by atoms with Gasteiger partial charge in [0, 0.05) is 5.92 Å². The van der Waals surface area contributed by atoms with E-state index in [9.17, 15) is 9.59 Å². The molecule has 0 spiro atoms. The summed E-state index contributed by atoms with van der Waals surface area (Å²) in [4.78, 5) is 26.4. The second-order valence-corrected chi connectivity index (χ2v) is 4.17. The smallest absolute Gasteiger partial charge is 0.338 e. The van der Waals surface area contributed by atoms with E-state index in [4.69, 9.17) is 5.11 Å². The maximum atomic E-state index is 11.7. The Labute approximate surface area is 95.5 Å². The molecule has 5 heteroatoms. The van der Waals surface area contributed by atoms with Crippen LogP contribution in [0.1, 0.15) is 34.7 Å². The van der Waals surface area contributed by atoms with Crippen LogP contribution in [-0.2, 0) is 0 Å². The molecule has 0 aliphatic heterocycles. The van der Waals surface area contributed by atoms with E-state index in [1.165, 1.54) is 12.1 Å². The number of carbonyl (C=O) groups excluding carboxylic acids is 1. The zero-order valence-corrected chi connectivity index (χ0v) is 9.91. The molecule has 4 nitrogen and oxygen atoms in total. The normalized spacial score (nSPS) is 10.4. The number of nitrogens with zero attached hydrogens (tertiary/aromatic N) is 1. The van der Waals surface area contributed by atoms with Gasteiger partial charge in [-0.2, -0.15) is 0 Å². The number of pyridine rings is 1. The molecule has 1 aromatic heterocycles. The van der Waals surface area contributed by atoms with Gasteiger partial charge in [0.25, 0.3) is 0 Å². The van der Waals surface area contributed by atoms with Gasteiger partial charge in [-0.15, -0.1) is 0 Å². The van der Waals surface area contributed by atoms with E-state index >= 15 is 0 Å². The highest BCUT2D eigenvalue weighted by molar-refractivity contribution is 9.10. The van der Waals surface area contributed by atoms with Crippen LogP contribution in [0.4, 0.5) is 0 Å². The molecule has 0 unspecified atom stereocenters. The molecule has 0 radical (unpaired) electrons. The first kappa shape index (κ1) is 11.8. The van der Waals surface area contributed by atoms with Crippen molar-refractivity contribution in [2.45, 2.75) is 13.8 Å². The Morgan fingerprint density at radius 1 is 1.40 bits per heavy atom. The molecule has 15 heavy (non-hydrogen) atoms. The number of rotatable bonds is 3. The molecule has 0 atom stereocenters. The van der Waals surface area contributed by atoms with Crippen LogP contribution in [0, 0.1) is 5.92 Å². The number of Topliss-reactive ketones (excluding diaryl/α,β-unsaturated/α-hetero) is 1. The highest BCUT2D eigenvalue weighted by atomic mass is 79.9. The number of hydrogen-bond acceptors (Lipinski definition) is 3. The number of aromatic carboxylic acids is 1. The lowest BCUT2D eigenvalue weighted by Gasteiger charge is -2.06. The molecular weight excluding hydrogens is 262 g/mol. The maximum Gasteiger partial charge on any atom is 0.338 e. The third-order valence-corrected chi connectivity index (χ3v) is 2.29. The summed E-state index contributed by atoms with van der Waals surface area (Å²) in [6.07, 6.45) is 0. The fourth-order valence-electron chi connectivity index (χ4n) is 1.07. The van der Waals surface area contributed by atoms with Gasteiger partial charge in [0.1, 0.15) is 10.3 Å². The van der Waals surface area contributed by atoms with Gasteiger partial charge in [0.05, 0.1) is 5.56 Å². The quantitative estimate of drug-likeness (QED) is 0.677. The number of aromatic nitrogens is 1. The maximum absolute atomic E-state index is 11.7. The fraction of sp³-hybridized carbons (Fsp3) is 0.300. The zero-order valence-electron chi connectivity index (χ0n) is 8.32. The van der Waals surface area contributed by atoms with Gasteiger partial charge in [-0.05, 0) is 28.1 Å². The highest BCUT2D eigenvalue weighted by Gasteiger charge is 2.20. The molecule has 80 valence electrons. The Morgan fingerprint density at radius 3 is 2.47 bits per heavy atom. The summed E-state index contributed by atoms with van der Waals surface area (Å²) in [6.45, 7) is 3.41. The van der Waals surface area contributed by atoms with Gasteiger partial charge < -0.3 is 5.11 Å². The van der Waals surface area contributed by atoms with Gasteiger partial charge in [0.15, 0.2) is 5.78 Å². The molecule has 0 aliphatic carbocycles. The molecule has 0 amide bonds. The predicted octanol–water partition coefficient (Wildman–Crippen LogP) is 2.38. The number of carboxylic acids is 1. The van der Waals surface area contributed by atoms with Crippen LogP contribution in [0.15, 0.2) is 16.7 Å². The average Bonchev–Trinajstić information content (AvgIpc) is 2.15. The number of hydrogen-bond donors (Lipinski definition) is 1. The highest BCUT2D eigenvalue weighted by Crippen LogP contribution is 2.16. The van der Waals surface area contributed by atoms with Crippen molar-refractivity contribution in [3.05, 3.63) is 28.0 Å². The average molecular weight is 272 g/mol. The van der Waals surface area contributed by atoms with Crippen molar-refractivity contribution < 1.29 is 14.7 Å². The third kappa shape index (κ3) is 2.62. The molecule has 0 fully saturated rings. The van der Waals surface area contributed by atoms with Crippen LogP contribution in [0.5, 0.6) is 0 Å². The van der Waals surface area contributed by atoms with Gasteiger partial charge in [-0.25, -0.2) is 9.78 Å². The van der Waals surface area contributed by atoms with Crippen LogP contribution in [0.3, 0.4) is 0 Å². The van der Waals surface area contributed by atoms with E-state index in [0.717, 1.165) is 0 Å². The van der Waals surface area contributed by atoms with Crippen LogP contribution in [0.2, 0.25) is 0 Å². The standard InChI is InChI=1S/C10H10BrNO3/c1-5(2)9(13)8-6(10(14)15)3-4-7(11)12-8/h3-5H,1-2H3,(H,14,15). The Kier molecular flexibility index (Phi) is 3.57. The second kappa shape index (κ2) is 4.53. The first-order valence-electron chi connectivity index (χ1n) is 4.37. The van der Waals surface area contributed by atoms with Gasteiger partial charge in [-0.1, -0.05) is 13.8 Å². The first-order valence-corrected chi connectivity index (χ1v) is 5.17. The summed E-state index contributed by atoms with van der Waals surface area (Å²) < 4.78 is 0.455. The summed E-state index contributed by atoms with van der Waals surface area (Å²) in [5, 5.41) is 8.88. The van der Waals surface area contributed by atoms with Crippen molar-refractivity contribution in [1.82, 2.24) is 4.98 Å². The van der Waals surface area contributed by atoms with Gasteiger partial charge in [0.2, 0.25) is 0 Å². The molecule has 0 bridgehead atoms.